The van der Waals surface area contributed by atoms with E-state index in [4.69, 9.17) is 0 Å². The number of aliphatic hydroxyl groups excluding tert-OH is 1. The molecule has 0 bridgehead atoms. The first-order valence-electron chi connectivity index (χ1n) is 13.9. The van der Waals surface area contributed by atoms with Gasteiger partial charge in [0.2, 0.25) is 5.91 Å². The molecule has 220 valence electrons. The summed E-state index contributed by atoms with van der Waals surface area (Å²) in [5, 5.41) is 12.9. The van der Waals surface area contributed by atoms with Gasteiger partial charge in [-0.25, -0.2) is 8.78 Å². The fourth-order valence-corrected chi connectivity index (χ4v) is 3.76. The van der Waals surface area contributed by atoms with E-state index in [0.717, 1.165) is 43.9 Å². The van der Waals surface area contributed by atoms with Gasteiger partial charge in [-0.1, -0.05) is 51.8 Å². The largest absolute Gasteiger partial charge is 0.390 e. The molecule has 0 heterocycles. The summed E-state index contributed by atoms with van der Waals surface area (Å²) in [4.78, 5) is 29.2. The highest BCUT2D eigenvalue weighted by Gasteiger charge is 2.17. The molecular weight excluding hydrogens is 500 g/mol. The molecule has 1 atom stereocenters. The van der Waals surface area contributed by atoms with E-state index in [1.807, 2.05) is 27.8 Å². The Morgan fingerprint density at radius 2 is 1.59 bits per heavy atom. The van der Waals surface area contributed by atoms with Crippen LogP contribution in [0, 0.1) is 18.6 Å². The highest BCUT2D eigenvalue weighted by atomic mass is 19.1. The van der Waals surface area contributed by atoms with Crippen LogP contribution < -0.4 is 5.32 Å². The van der Waals surface area contributed by atoms with Crippen LogP contribution >= 0.6 is 0 Å². The molecule has 0 spiro atoms. The van der Waals surface area contributed by atoms with Crippen LogP contribution in [0.4, 0.5) is 8.78 Å². The maximum atomic E-state index is 13.0. The van der Waals surface area contributed by atoms with Crippen molar-refractivity contribution in [3.8, 4) is 0 Å². The van der Waals surface area contributed by atoms with Gasteiger partial charge in [-0.3, -0.25) is 9.59 Å². The maximum absolute atomic E-state index is 13.0. The number of aryl methyl sites for hydroxylation is 1. The number of aliphatic hydroxyl groups is 1. The first kappa shape index (κ1) is 36.2. The molecule has 0 saturated carbocycles. The number of halogens is 2. The normalized spacial score (nSPS) is 12.5. The lowest BCUT2D eigenvalue weighted by Crippen LogP contribution is -2.39. The molecule has 0 fully saturated rings. The number of carbonyl (C=O) groups excluding carboxylic acids is 2. The van der Waals surface area contributed by atoms with Gasteiger partial charge >= 0.3 is 0 Å². The zero-order chi connectivity index (χ0) is 29.8. The Kier molecular flexibility index (Phi) is 19.5. The van der Waals surface area contributed by atoms with E-state index in [2.05, 4.69) is 23.7 Å². The molecule has 39 heavy (non-hydrogen) atoms. The van der Waals surface area contributed by atoms with E-state index in [9.17, 15) is 23.5 Å². The van der Waals surface area contributed by atoms with Gasteiger partial charge in [0.15, 0.2) is 0 Å². The molecule has 0 saturated heterocycles. The molecule has 2 amide bonds. The highest BCUT2D eigenvalue weighted by Crippen LogP contribution is 2.10. The summed E-state index contributed by atoms with van der Waals surface area (Å²) in [6.07, 6.45) is 9.15. The maximum Gasteiger partial charge on any atom is 0.254 e. The Hall–Kier alpha value is -2.84. The van der Waals surface area contributed by atoms with E-state index < -0.39 is 17.7 Å². The van der Waals surface area contributed by atoms with Gasteiger partial charge in [0.1, 0.15) is 11.6 Å². The molecule has 2 N–H and O–H groups in total. The van der Waals surface area contributed by atoms with E-state index in [-0.39, 0.29) is 18.4 Å². The van der Waals surface area contributed by atoms with Crippen LogP contribution in [0.1, 0.15) is 65.4 Å². The Morgan fingerprint density at radius 1 is 1.00 bits per heavy atom. The average molecular weight is 550 g/mol. The monoisotopic (exact) mass is 549 g/mol. The van der Waals surface area contributed by atoms with Crippen molar-refractivity contribution in [2.24, 2.45) is 0 Å². The summed E-state index contributed by atoms with van der Waals surface area (Å²) < 4.78 is 24.4. The van der Waals surface area contributed by atoms with Crippen molar-refractivity contribution < 1.29 is 23.5 Å². The van der Waals surface area contributed by atoms with Crippen LogP contribution in [-0.4, -0.2) is 72.6 Å². The average Bonchev–Trinajstić information content (AvgIpc) is 2.86. The number of benzene rings is 1. The van der Waals surface area contributed by atoms with Gasteiger partial charge in [0.25, 0.3) is 5.91 Å². The third kappa shape index (κ3) is 17.4. The molecule has 1 aromatic carbocycles. The number of unbranched alkanes of at least 4 members (excludes halogenated alkanes) is 2. The summed E-state index contributed by atoms with van der Waals surface area (Å²) in [7, 11) is 1.97. The van der Waals surface area contributed by atoms with Crippen LogP contribution in [0.15, 0.2) is 54.2 Å². The third-order valence-electron chi connectivity index (χ3n) is 5.70. The van der Waals surface area contributed by atoms with E-state index in [0.29, 0.717) is 30.8 Å². The first-order chi connectivity index (χ1) is 18.5. The lowest BCUT2D eigenvalue weighted by molar-refractivity contribution is -0.127. The Morgan fingerprint density at radius 3 is 2.08 bits per heavy atom. The zero-order valence-corrected chi connectivity index (χ0v) is 24.7. The minimum atomic E-state index is -0.657. The van der Waals surface area contributed by atoms with Crippen molar-refractivity contribution >= 4 is 11.8 Å². The molecule has 0 aliphatic heterocycles. The second kappa shape index (κ2) is 21.0. The van der Waals surface area contributed by atoms with Crippen LogP contribution in [0.5, 0.6) is 0 Å². The number of nitrogens with one attached hydrogen (secondary N) is 1. The van der Waals surface area contributed by atoms with Crippen LogP contribution in [-0.2, 0) is 9.59 Å². The summed E-state index contributed by atoms with van der Waals surface area (Å²) in [5.74, 6) is -1.58. The number of hydrogen-bond donors (Lipinski definition) is 2. The smallest absolute Gasteiger partial charge is 0.254 e. The lowest BCUT2D eigenvalue weighted by Gasteiger charge is -2.22. The van der Waals surface area contributed by atoms with Crippen LogP contribution in [0.25, 0.3) is 0 Å². The topological polar surface area (TPSA) is 72.9 Å². The third-order valence-corrected chi connectivity index (χ3v) is 5.70. The number of hydrogen-bond acceptors (Lipinski definition) is 4. The molecule has 1 aromatic rings. The van der Waals surface area contributed by atoms with Gasteiger partial charge in [0, 0.05) is 43.9 Å². The number of allylic oxidation sites excluding steroid dienone is 2. The fourth-order valence-electron chi connectivity index (χ4n) is 3.76. The fraction of sp³-hybridized carbons (Fsp3) is 0.548. The van der Waals surface area contributed by atoms with Gasteiger partial charge in [-0.15, -0.1) is 0 Å². The van der Waals surface area contributed by atoms with Gasteiger partial charge in [-0.05, 0) is 70.5 Å². The molecule has 6 nitrogen and oxygen atoms in total. The molecule has 0 radical (unpaired) electrons. The van der Waals surface area contributed by atoms with Crippen molar-refractivity contribution in [1.82, 2.24) is 15.1 Å². The number of likely N-dealkylation sites (N-methyl/N-ethyl adjacent to an activating group) is 1. The molecular formula is C31H49F2N3O3. The Bertz CT molecular complexity index is 891. The quantitative estimate of drug-likeness (QED) is 0.161. The second-order valence-electron chi connectivity index (χ2n) is 9.80. The SMILES string of the molecule is C=C/C(C)=C\C(=C/C(=O)NCC(O)CN(C)CCCCC)C(=O)N(CCC)CCC.Cc1cc(F)cc(F)c1. The number of amides is 2. The summed E-state index contributed by atoms with van der Waals surface area (Å²) in [5.41, 5.74) is 1.74. The number of nitrogens with zero attached hydrogens (tertiary/aromatic N) is 2. The molecule has 1 rings (SSSR count). The van der Waals surface area contributed by atoms with E-state index >= 15 is 0 Å². The zero-order valence-electron chi connectivity index (χ0n) is 24.7. The molecule has 0 aliphatic rings. The van der Waals surface area contributed by atoms with E-state index in [1.165, 1.54) is 24.6 Å². The first-order valence-corrected chi connectivity index (χ1v) is 13.9. The van der Waals surface area contributed by atoms with Crippen molar-refractivity contribution in [3.05, 3.63) is 71.4 Å². The Labute approximate surface area is 234 Å². The lowest BCUT2D eigenvalue weighted by atomic mass is 10.1. The van der Waals surface area contributed by atoms with Gasteiger partial charge in [-0.2, -0.15) is 0 Å². The Balaban J connectivity index is 0.00000134. The van der Waals surface area contributed by atoms with Gasteiger partial charge in [0.05, 0.1) is 6.10 Å². The molecule has 0 aliphatic carbocycles. The molecule has 8 heteroatoms. The van der Waals surface area contributed by atoms with Crippen molar-refractivity contribution in [1.29, 1.82) is 0 Å². The summed E-state index contributed by atoms with van der Waals surface area (Å²) in [6, 6.07) is 3.42. The highest BCUT2D eigenvalue weighted by molar-refractivity contribution is 6.03. The van der Waals surface area contributed by atoms with Crippen molar-refractivity contribution in [3.63, 3.8) is 0 Å². The molecule has 0 aromatic heterocycles. The van der Waals surface area contributed by atoms with Crippen molar-refractivity contribution in [2.45, 2.75) is 72.8 Å². The minimum Gasteiger partial charge on any atom is -0.390 e. The van der Waals surface area contributed by atoms with Crippen molar-refractivity contribution in [2.75, 3.05) is 39.8 Å². The van der Waals surface area contributed by atoms with Crippen LogP contribution in [0.3, 0.4) is 0 Å². The minimum absolute atomic E-state index is 0.146. The molecule has 1 unspecified atom stereocenters. The predicted octanol–water partition coefficient (Wildman–Crippen LogP) is 5.57. The van der Waals surface area contributed by atoms with E-state index in [1.54, 1.807) is 24.0 Å². The standard InChI is InChI=1S/C24H43N3O3.C7H6F2/c1-7-11-12-15-26(6)19-22(28)18-25-23(29)17-21(16-20(5)10-4)24(30)27(13-8-2)14-9-3;1-5-2-6(8)4-7(9)3-5/h10,16-17,22,28H,4,7-9,11-15,18-19H2,1-3,5-6H3,(H,25,29);2-4H,1H3/b20-16-,21-17+;. The summed E-state index contributed by atoms with van der Waals surface area (Å²) in [6.45, 7) is 16.3. The van der Waals surface area contributed by atoms with Crippen LogP contribution in [0.2, 0.25) is 0 Å². The van der Waals surface area contributed by atoms with Gasteiger partial charge < -0.3 is 20.2 Å². The number of rotatable bonds is 16. The summed E-state index contributed by atoms with van der Waals surface area (Å²) >= 11 is 0. The predicted molar refractivity (Wildman–Crippen MR) is 156 cm³/mol. The number of carbonyl (C=O) groups is 2. The second-order valence-corrected chi connectivity index (χ2v) is 9.80.